The third kappa shape index (κ3) is 3.11. The highest BCUT2D eigenvalue weighted by atomic mass is 16.5. The van der Waals surface area contributed by atoms with Crippen molar-refractivity contribution < 1.29 is 14.9 Å². The predicted molar refractivity (Wildman–Crippen MR) is 103 cm³/mol. The van der Waals surface area contributed by atoms with Crippen LogP contribution in [-0.2, 0) is 4.74 Å². The fourth-order valence-electron chi connectivity index (χ4n) is 3.47. The van der Waals surface area contributed by atoms with Crippen LogP contribution < -0.4 is 16.6 Å². The Bertz CT molecular complexity index is 1090. The minimum Gasteiger partial charge on any atom is -0.394 e. The van der Waals surface area contributed by atoms with Crippen LogP contribution in [0.5, 0.6) is 0 Å². The first-order valence-electron chi connectivity index (χ1n) is 8.93. The Labute approximate surface area is 160 Å². The molecule has 10 heteroatoms. The molecule has 10 nitrogen and oxygen atoms in total. The number of H-pyrrole nitrogens is 1. The van der Waals surface area contributed by atoms with Crippen LogP contribution in [0.1, 0.15) is 23.8 Å². The van der Waals surface area contributed by atoms with Gasteiger partial charge < -0.3 is 26.0 Å². The maximum absolute atomic E-state index is 12.3. The zero-order chi connectivity index (χ0) is 20.0. The van der Waals surface area contributed by atoms with Crippen molar-refractivity contribution in [2.45, 2.75) is 38.7 Å². The average Bonchev–Trinajstić information content (AvgIpc) is 3.17. The van der Waals surface area contributed by atoms with Crippen LogP contribution in [0.2, 0.25) is 0 Å². The summed E-state index contributed by atoms with van der Waals surface area (Å²) < 4.78 is 7.37. The van der Waals surface area contributed by atoms with E-state index in [4.69, 9.17) is 10.5 Å². The third-order valence-corrected chi connectivity index (χ3v) is 4.87. The number of nitrogens with one attached hydrogen (secondary N) is 2. The van der Waals surface area contributed by atoms with Gasteiger partial charge in [-0.15, -0.1) is 0 Å². The number of benzene rings is 1. The molecule has 0 radical (unpaired) electrons. The van der Waals surface area contributed by atoms with Crippen LogP contribution in [0.4, 0.5) is 17.6 Å². The molecule has 0 amide bonds. The molecule has 0 aliphatic carbocycles. The van der Waals surface area contributed by atoms with Crippen molar-refractivity contribution in [1.29, 1.82) is 0 Å². The van der Waals surface area contributed by atoms with E-state index < -0.39 is 24.0 Å². The molecule has 1 saturated heterocycles. The second-order valence-electron chi connectivity index (χ2n) is 6.99. The van der Waals surface area contributed by atoms with Crippen molar-refractivity contribution in [3.63, 3.8) is 0 Å². The molecule has 1 aliphatic rings. The fraction of sp³-hybridized carbons (Fsp3) is 0.389. The summed E-state index contributed by atoms with van der Waals surface area (Å²) in [6.45, 7) is 3.64. The lowest BCUT2D eigenvalue weighted by Gasteiger charge is -2.18. The normalized spacial score (nSPS) is 22.1. The molecule has 0 unspecified atom stereocenters. The number of aromatic amines is 1. The number of nitrogens with two attached hydrogens (primary N) is 1. The number of anilines is 3. The van der Waals surface area contributed by atoms with Gasteiger partial charge in [-0.3, -0.25) is 14.3 Å². The van der Waals surface area contributed by atoms with Crippen molar-refractivity contribution in [1.82, 2.24) is 19.5 Å². The molecule has 3 heterocycles. The van der Waals surface area contributed by atoms with E-state index in [9.17, 15) is 15.0 Å². The average molecular weight is 386 g/mol. The molecule has 4 rings (SSSR count). The number of nitrogen functional groups attached to an aromatic ring is 1. The van der Waals surface area contributed by atoms with Gasteiger partial charge in [0, 0.05) is 12.1 Å². The number of aromatic nitrogens is 4. The molecule has 0 spiro atoms. The molecule has 1 fully saturated rings. The van der Waals surface area contributed by atoms with E-state index in [0.717, 1.165) is 16.8 Å². The van der Waals surface area contributed by atoms with E-state index in [1.165, 1.54) is 0 Å². The fourth-order valence-corrected chi connectivity index (χ4v) is 3.47. The number of hydrogen-bond acceptors (Lipinski definition) is 8. The molecule has 148 valence electrons. The van der Waals surface area contributed by atoms with Crippen LogP contribution in [0.15, 0.2) is 23.0 Å². The van der Waals surface area contributed by atoms with Crippen molar-refractivity contribution in [3.8, 4) is 0 Å². The molecule has 3 atom stereocenters. The molecule has 1 aliphatic heterocycles. The molecule has 0 bridgehead atoms. The first-order valence-corrected chi connectivity index (χ1v) is 8.93. The molecule has 1 aromatic carbocycles. The molecule has 2 aromatic heterocycles. The smallest absolute Gasteiger partial charge is 0.280 e. The van der Waals surface area contributed by atoms with Crippen molar-refractivity contribution >= 4 is 28.7 Å². The topological polar surface area (TPSA) is 151 Å². The number of fused-ring (bicyclic) bond motifs is 1. The zero-order valence-corrected chi connectivity index (χ0v) is 15.5. The molecular formula is C18H22N6O4. The number of aryl methyl sites for hydroxylation is 2. The van der Waals surface area contributed by atoms with E-state index >= 15 is 0 Å². The number of nitrogens with zero attached hydrogens (tertiary/aromatic N) is 3. The first kappa shape index (κ1) is 18.4. The summed E-state index contributed by atoms with van der Waals surface area (Å²) in [6, 6.07) is 5.90. The lowest BCUT2D eigenvalue weighted by molar-refractivity contribution is -0.0425. The Morgan fingerprint density at radius 1 is 1.39 bits per heavy atom. The predicted octanol–water partition coefficient (Wildman–Crippen LogP) is 0.703. The van der Waals surface area contributed by atoms with Gasteiger partial charge in [-0.2, -0.15) is 4.98 Å². The Morgan fingerprint density at radius 2 is 2.18 bits per heavy atom. The highest BCUT2D eigenvalue weighted by molar-refractivity contribution is 5.76. The monoisotopic (exact) mass is 386 g/mol. The van der Waals surface area contributed by atoms with Crippen LogP contribution in [0, 0.1) is 13.8 Å². The van der Waals surface area contributed by atoms with E-state index in [1.54, 1.807) is 4.57 Å². The van der Waals surface area contributed by atoms with Crippen molar-refractivity contribution in [2.75, 3.05) is 17.7 Å². The molecular weight excluding hydrogens is 364 g/mol. The Morgan fingerprint density at radius 3 is 2.86 bits per heavy atom. The minimum absolute atomic E-state index is 0.0472. The van der Waals surface area contributed by atoms with Crippen molar-refractivity contribution in [2.24, 2.45) is 0 Å². The summed E-state index contributed by atoms with van der Waals surface area (Å²) in [5.41, 5.74) is 8.52. The standard InChI is InChI=1S/C18H22N6O4/c1-8-3-4-10(9(2)5-8)20-18-21-14-15(22-17(19)23-16(14)27)24(18)13-6-11(26)12(7-25)28-13/h3-5,11-13,25-26H,6-7H2,1-2H3,(H,20,21)(H3,19,22,23,27)/t11-,12+,13+/m0/s1. The second-order valence-corrected chi connectivity index (χ2v) is 6.99. The highest BCUT2D eigenvalue weighted by Gasteiger charge is 2.37. The SMILES string of the molecule is Cc1ccc(Nc2nc3c(=O)[nH]c(N)nc3n2[C@H]2C[C@H](O)[C@@H](CO)O2)c(C)c1. The summed E-state index contributed by atoms with van der Waals surface area (Å²) in [5.74, 6) is 0.287. The zero-order valence-electron chi connectivity index (χ0n) is 15.5. The molecule has 6 N–H and O–H groups in total. The number of ether oxygens (including phenoxy) is 1. The van der Waals surface area contributed by atoms with Crippen molar-refractivity contribution in [3.05, 3.63) is 39.7 Å². The van der Waals surface area contributed by atoms with Gasteiger partial charge in [0.2, 0.25) is 11.9 Å². The van der Waals surface area contributed by atoms with E-state index in [2.05, 4.69) is 20.3 Å². The van der Waals surface area contributed by atoms with Gasteiger partial charge >= 0.3 is 0 Å². The van der Waals surface area contributed by atoms with Gasteiger partial charge in [0.25, 0.3) is 5.56 Å². The lowest BCUT2D eigenvalue weighted by Crippen LogP contribution is -2.24. The molecule has 0 saturated carbocycles. The molecule has 3 aromatic rings. The maximum Gasteiger partial charge on any atom is 0.280 e. The van der Waals surface area contributed by atoms with Gasteiger partial charge in [-0.05, 0) is 25.5 Å². The maximum atomic E-state index is 12.3. The summed E-state index contributed by atoms with van der Waals surface area (Å²) in [4.78, 5) is 23.4. The van der Waals surface area contributed by atoms with E-state index in [1.807, 2.05) is 32.0 Å². The minimum atomic E-state index is -0.847. The van der Waals surface area contributed by atoms with Gasteiger partial charge in [0.1, 0.15) is 12.3 Å². The summed E-state index contributed by atoms with van der Waals surface area (Å²) in [6.07, 6.45) is -2.03. The summed E-state index contributed by atoms with van der Waals surface area (Å²) >= 11 is 0. The van der Waals surface area contributed by atoms with E-state index in [0.29, 0.717) is 5.95 Å². The Hall–Kier alpha value is -2.95. The molecule has 28 heavy (non-hydrogen) atoms. The van der Waals surface area contributed by atoms with Crippen LogP contribution >= 0.6 is 0 Å². The largest absolute Gasteiger partial charge is 0.394 e. The number of imidazole rings is 1. The number of aliphatic hydroxyl groups excluding tert-OH is 2. The van der Waals surface area contributed by atoms with Gasteiger partial charge in [0.15, 0.2) is 11.2 Å². The van der Waals surface area contributed by atoms with Gasteiger partial charge in [-0.25, -0.2) is 4.98 Å². The Kier molecular flexibility index (Phi) is 4.53. The van der Waals surface area contributed by atoms with Crippen LogP contribution in [0.25, 0.3) is 11.2 Å². The van der Waals surface area contributed by atoms with Crippen LogP contribution in [0.3, 0.4) is 0 Å². The second kappa shape index (κ2) is 6.89. The summed E-state index contributed by atoms with van der Waals surface area (Å²) in [5, 5.41) is 22.8. The summed E-state index contributed by atoms with van der Waals surface area (Å²) in [7, 11) is 0. The third-order valence-electron chi connectivity index (χ3n) is 4.87. The Balaban J connectivity index is 1.85. The highest BCUT2D eigenvalue weighted by Crippen LogP contribution is 2.34. The van der Waals surface area contributed by atoms with Gasteiger partial charge in [0.05, 0.1) is 12.7 Å². The van der Waals surface area contributed by atoms with E-state index in [-0.39, 0.29) is 30.1 Å². The number of hydrogen-bond donors (Lipinski definition) is 5. The van der Waals surface area contributed by atoms with Crippen LogP contribution in [-0.4, -0.2) is 48.5 Å². The lowest BCUT2D eigenvalue weighted by atomic mass is 10.1. The first-order chi connectivity index (χ1) is 13.4. The number of aliphatic hydroxyl groups is 2. The van der Waals surface area contributed by atoms with Gasteiger partial charge in [-0.1, -0.05) is 17.7 Å². The quantitative estimate of drug-likeness (QED) is 0.439. The number of rotatable bonds is 4.